The lowest BCUT2D eigenvalue weighted by Crippen LogP contribution is -2.02. The van der Waals surface area contributed by atoms with Gasteiger partial charge in [-0.3, -0.25) is 4.98 Å². The van der Waals surface area contributed by atoms with Gasteiger partial charge in [0.05, 0.1) is 5.69 Å². The first-order valence-electron chi connectivity index (χ1n) is 6.58. The van der Waals surface area contributed by atoms with Gasteiger partial charge in [0.15, 0.2) is 11.6 Å². The number of ether oxygens (including phenoxy) is 1. The van der Waals surface area contributed by atoms with Crippen LogP contribution in [-0.4, -0.2) is 10.9 Å². The smallest absolute Gasteiger partial charge is 0.165 e. The summed E-state index contributed by atoms with van der Waals surface area (Å²) in [6.45, 7) is 2.16. The number of alkyl halides is 1. The number of aryl methyl sites for hydroxylation is 1. The highest BCUT2D eigenvalue weighted by molar-refractivity contribution is 6.18. The Labute approximate surface area is 128 Å². The van der Waals surface area contributed by atoms with Crippen LogP contribution in [-0.2, 0) is 6.61 Å². The van der Waals surface area contributed by atoms with Crippen LogP contribution in [0.5, 0.6) is 5.75 Å². The van der Waals surface area contributed by atoms with Crippen molar-refractivity contribution in [1.29, 1.82) is 0 Å². The van der Waals surface area contributed by atoms with Crippen molar-refractivity contribution in [1.82, 2.24) is 4.98 Å². The molecule has 1 aromatic carbocycles. The SMILES string of the molecule is Cc1cccnc1COc1cc(C#CCCCl)ccc1F. The quantitative estimate of drug-likeness (QED) is 0.627. The van der Waals surface area contributed by atoms with Crippen LogP contribution in [0.1, 0.15) is 23.2 Å². The lowest BCUT2D eigenvalue weighted by molar-refractivity contribution is 0.285. The lowest BCUT2D eigenvalue weighted by atomic mass is 10.2. The van der Waals surface area contributed by atoms with E-state index in [1.165, 1.54) is 6.07 Å². The van der Waals surface area contributed by atoms with E-state index in [-0.39, 0.29) is 12.4 Å². The fourth-order valence-corrected chi connectivity index (χ4v) is 1.81. The van der Waals surface area contributed by atoms with Crippen LogP contribution in [0, 0.1) is 24.6 Å². The first kappa shape index (κ1) is 15.3. The Morgan fingerprint density at radius 3 is 2.95 bits per heavy atom. The molecule has 0 aliphatic rings. The van der Waals surface area contributed by atoms with E-state index in [9.17, 15) is 4.39 Å². The summed E-state index contributed by atoms with van der Waals surface area (Å²) >= 11 is 5.56. The summed E-state index contributed by atoms with van der Waals surface area (Å²) in [5.41, 5.74) is 2.50. The summed E-state index contributed by atoms with van der Waals surface area (Å²) in [7, 11) is 0. The molecule has 21 heavy (non-hydrogen) atoms. The Balaban J connectivity index is 2.11. The molecule has 2 aromatic rings. The van der Waals surface area contributed by atoms with E-state index in [2.05, 4.69) is 16.8 Å². The van der Waals surface area contributed by atoms with Gasteiger partial charge in [-0.25, -0.2) is 4.39 Å². The number of halogens is 2. The predicted molar refractivity (Wildman–Crippen MR) is 81.9 cm³/mol. The molecule has 0 N–H and O–H groups in total. The molecular formula is C17H15ClFNO. The normalized spacial score (nSPS) is 9.86. The molecule has 0 aliphatic heterocycles. The third kappa shape index (κ3) is 4.47. The molecule has 0 bridgehead atoms. The summed E-state index contributed by atoms with van der Waals surface area (Å²) in [6.07, 6.45) is 2.29. The fraction of sp³-hybridized carbons (Fsp3) is 0.235. The fourth-order valence-electron chi connectivity index (χ4n) is 1.72. The van der Waals surface area contributed by atoms with Crippen molar-refractivity contribution in [3.63, 3.8) is 0 Å². The van der Waals surface area contributed by atoms with Crippen molar-refractivity contribution in [2.75, 3.05) is 5.88 Å². The largest absolute Gasteiger partial charge is 0.484 e. The van der Waals surface area contributed by atoms with Gasteiger partial charge in [-0.15, -0.1) is 11.6 Å². The van der Waals surface area contributed by atoms with Crippen molar-refractivity contribution in [2.24, 2.45) is 0 Å². The Morgan fingerprint density at radius 1 is 1.33 bits per heavy atom. The molecule has 4 heteroatoms. The summed E-state index contributed by atoms with van der Waals surface area (Å²) in [6, 6.07) is 8.36. The van der Waals surface area contributed by atoms with E-state index in [0.717, 1.165) is 11.3 Å². The molecule has 0 spiro atoms. The molecule has 0 radical (unpaired) electrons. The molecule has 1 heterocycles. The molecule has 0 saturated carbocycles. The number of nitrogens with zero attached hydrogens (tertiary/aromatic N) is 1. The van der Waals surface area contributed by atoms with E-state index in [1.807, 2.05) is 19.1 Å². The maximum Gasteiger partial charge on any atom is 0.165 e. The number of benzene rings is 1. The molecule has 0 saturated heterocycles. The van der Waals surface area contributed by atoms with Crippen LogP contribution in [0.4, 0.5) is 4.39 Å². The summed E-state index contributed by atoms with van der Waals surface area (Å²) in [4.78, 5) is 4.22. The van der Waals surface area contributed by atoms with Crippen molar-refractivity contribution in [2.45, 2.75) is 20.0 Å². The second-order valence-corrected chi connectivity index (χ2v) is 4.82. The number of aromatic nitrogens is 1. The topological polar surface area (TPSA) is 22.1 Å². The van der Waals surface area contributed by atoms with Gasteiger partial charge in [0.25, 0.3) is 0 Å². The molecular weight excluding hydrogens is 289 g/mol. The van der Waals surface area contributed by atoms with Gasteiger partial charge in [-0.05, 0) is 36.8 Å². The van der Waals surface area contributed by atoms with Crippen LogP contribution in [0.3, 0.4) is 0 Å². The van der Waals surface area contributed by atoms with Crippen molar-refractivity contribution in [3.8, 4) is 17.6 Å². The second-order valence-electron chi connectivity index (χ2n) is 4.44. The van der Waals surface area contributed by atoms with Crippen LogP contribution < -0.4 is 4.74 Å². The Morgan fingerprint density at radius 2 is 2.19 bits per heavy atom. The van der Waals surface area contributed by atoms with Gasteiger partial charge in [0.2, 0.25) is 0 Å². The molecule has 0 atom stereocenters. The zero-order valence-corrected chi connectivity index (χ0v) is 12.5. The van der Waals surface area contributed by atoms with E-state index in [4.69, 9.17) is 16.3 Å². The molecule has 108 valence electrons. The lowest BCUT2D eigenvalue weighted by Gasteiger charge is -2.08. The average molecular weight is 304 g/mol. The third-order valence-corrected chi connectivity index (χ3v) is 3.05. The average Bonchev–Trinajstić information content (AvgIpc) is 2.49. The zero-order valence-electron chi connectivity index (χ0n) is 11.7. The maximum absolute atomic E-state index is 13.7. The van der Waals surface area contributed by atoms with Gasteiger partial charge in [-0.1, -0.05) is 17.9 Å². The Bertz CT molecular complexity index is 676. The van der Waals surface area contributed by atoms with Gasteiger partial charge in [-0.2, -0.15) is 0 Å². The first-order chi connectivity index (χ1) is 10.2. The number of hydrogen-bond acceptors (Lipinski definition) is 2. The summed E-state index contributed by atoms with van der Waals surface area (Å²) < 4.78 is 19.3. The minimum Gasteiger partial charge on any atom is -0.484 e. The van der Waals surface area contributed by atoms with Crippen LogP contribution in [0.2, 0.25) is 0 Å². The highest BCUT2D eigenvalue weighted by atomic mass is 35.5. The van der Waals surface area contributed by atoms with E-state index < -0.39 is 5.82 Å². The number of pyridine rings is 1. The van der Waals surface area contributed by atoms with Gasteiger partial charge in [0.1, 0.15) is 6.61 Å². The van der Waals surface area contributed by atoms with Gasteiger partial charge >= 0.3 is 0 Å². The monoisotopic (exact) mass is 303 g/mol. The molecule has 0 amide bonds. The summed E-state index contributed by atoms with van der Waals surface area (Å²) in [5, 5.41) is 0. The highest BCUT2D eigenvalue weighted by Crippen LogP contribution is 2.20. The minimum atomic E-state index is -0.411. The zero-order chi connectivity index (χ0) is 15.1. The van der Waals surface area contributed by atoms with Crippen molar-refractivity contribution in [3.05, 3.63) is 59.2 Å². The summed E-state index contributed by atoms with van der Waals surface area (Å²) in [5.74, 6) is 6.09. The van der Waals surface area contributed by atoms with E-state index in [0.29, 0.717) is 17.9 Å². The molecule has 0 aliphatic carbocycles. The second kappa shape index (κ2) is 7.66. The highest BCUT2D eigenvalue weighted by Gasteiger charge is 2.06. The molecule has 2 rings (SSSR count). The predicted octanol–water partition coefficient (Wildman–Crippen LogP) is 4.09. The Hall–Kier alpha value is -2.05. The first-order valence-corrected chi connectivity index (χ1v) is 7.12. The van der Waals surface area contributed by atoms with E-state index >= 15 is 0 Å². The van der Waals surface area contributed by atoms with E-state index in [1.54, 1.807) is 18.3 Å². The van der Waals surface area contributed by atoms with Crippen LogP contribution >= 0.6 is 11.6 Å². The third-order valence-electron chi connectivity index (χ3n) is 2.87. The van der Waals surface area contributed by atoms with Crippen LogP contribution in [0.25, 0.3) is 0 Å². The number of rotatable bonds is 4. The molecule has 1 aromatic heterocycles. The van der Waals surface area contributed by atoms with Crippen LogP contribution in [0.15, 0.2) is 36.5 Å². The Kier molecular flexibility index (Phi) is 5.59. The molecule has 0 unspecified atom stereocenters. The molecule has 0 fully saturated rings. The standard InChI is InChI=1S/C17H15ClFNO/c1-13-5-4-10-20-16(13)12-21-17-11-14(6-2-3-9-18)7-8-15(17)19/h4-5,7-8,10-11H,3,9,12H2,1H3. The minimum absolute atomic E-state index is 0.178. The van der Waals surface area contributed by atoms with Gasteiger partial charge < -0.3 is 4.74 Å². The van der Waals surface area contributed by atoms with Gasteiger partial charge in [0, 0.05) is 24.1 Å². The molecule has 2 nitrogen and oxygen atoms in total. The van der Waals surface area contributed by atoms with Crippen molar-refractivity contribution < 1.29 is 9.13 Å². The number of hydrogen-bond donors (Lipinski definition) is 0. The maximum atomic E-state index is 13.7. The van der Waals surface area contributed by atoms with Crippen molar-refractivity contribution >= 4 is 11.6 Å².